The van der Waals surface area contributed by atoms with Gasteiger partial charge in [-0.2, -0.15) is 0 Å². The van der Waals surface area contributed by atoms with Crippen LogP contribution in [-0.2, 0) is 4.79 Å². The minimum atomic E-state index is -0.506. The zero-order valence-electron chi connectivity index (χ0n) is 11.6. The summed E-state index contributed by atoms with van der Waals surface area (Å²) in [6, 6.07) is 0. The SMILES string of the molecule is CCC(C)(CO)NC(=O)C[C@@H](CN)CC(C)C. The first kappa shape index (κ1) is 16.4. The highest BCUT2D eigenvalue weighted by molar-refractivity contribution is 5.77. The largest absolute Gasteiger partial charge is 0.394 e. The quantitative estimate of drug-likeness (QED) is 0.602. The molecule has 0 heterocycles. The summed E-state index contributed by atoms with van der Waals surface area (Å²) in [5.74, 6) is 0.765. The number of aliphatic hydroxyl groups is 1. The van der Waals surface area contributed by atoms with Crippen molar-refractivity contribution in [2.75, 3.05) is 13.2 Å². The van der Waals surface area contributed by atoms with Gasteiger partial charge in [0, 0.05) is 6.42 Å². The predicted octanol–water partition coefficient (Wildman–Crippen LogP) is 1.27. The molecule has 2 atom stereocenters. The van der Waals surface area contributed by atoms with E-state index in [1.807, 2.05) is 13.8 Å². The molecular formula is C13H28N2O2. The molecule has 0 aliphatic rings. The maximum absolute atomic E-state index is 11.8. The molecule has 0 fully saturated rings. The zero-order chi connectivity index (χ0) is 13.5. The van der Waals surface area contributed by atoms with Crippen LogP contribution in [0.4, 0.5) is 0 Å². The van der Waals surface area contributed by atoms with Crippen molar-refractivity contribution >= 4 is 5.91 Å². The number of carbonyl (C=O) groups is 1. The Hall–Kier alpha value is -0.610. The summed E-state index contributed by atoms with van der Waals surface area (Å²) in [4.78, 5) is 11.8. The molecule has 4 N–H and O–H groups in total. The smallest absolute Gasteiger partial charge is 0.220 e. The first-order chi connectivity index (χ1) is 7.86. The number of aliphatic hydroxyl groups excluding tert-OH is 1. The standard InChI is InChI=1S/C13H28N2O2/c1-5-13(4,9-16)15-12(17)7-11(8-14)6-10(2)3/h10-11,16H,5-9,14H2,1-4H3,(H,15,17)/t11-,13?/m0/s1. The van der Waals surface area contributed by atoms with Gasteiger partial charge >= 0.3 is 0 Å². The second-order valence-corrected chi connectivity index (χ2v) is 5.56. The molecule has 0 aromatic carbocycles. The Morgan fingerprint density at radius 1 is 1.47 bits per heavy atom. The van der Waals surface area contributed by atoms with Gasteiger partial charge in [0.15, 0.2) is 0 Å². The van der Waals surface area contributed by atoms with E-state index in [9.17, 15) is 9.90 Å². The van der Waals surface area contributed by atoms with Gasteiger partial charge in [-0.3, -0.25) is 4.79 Å². The van der Waals surface area contributed by atoms with Crippen molar-refractivity contribution in [3.63, 3.8) is 0 Å². The van der Waals surface area contributed by atoms with Crippen molar-refractivity contribution in [1.82, 2.24) is 5.32 Å². The fourth-order valence-electron chi connectivity index (χ4n) is 1.82. The van der Waals surface area contributed by atoms with Crippen LogP contribution in [0.15, 0.2) is 0 Å². The van der Waals surface area contributed by atoms with Gasteiger partial charge in [0.2, 0.25) is 5.91 Å². The van der Waals surface area contributed by atoms with Crippen molar-refractivity contribution in [3.05, 3.63) is 0 Å². The predicted molar refractivity (Wildman–Crippen MR) is 70.5 cm³/mol. The van der Waals surface area contributed by atoms with Crippen LogP contribution in [0.2, 0.25) is 0 Å². The monoisotopic (exact) mass is 244 g/mol. The summed E-state index contributed by atoms with van der Waals surface area (Å²) < 4.78 is 0. The Bertz CT molecular complexity index is 225. The van der Waals surface area contributed by atoms with E-state index in [1.165, 1.54) is 0 Å². The van der Waals surface area contributed by atoms with E-state index in [1.54, 1.807) is 0 Å². The average Bonchev–Trinajstić information content (AvgIpc) is 2.27. The molecule has 0 bridgehead atoms. The third-order valence-electron chi connectivity index (χ3n) is 3.18. The van der Waals surface area contributed by atoms with Crippen LogP contribution in [0.25, 0.3) is 0 Å². The Morgan fingerprint density at radius 3 is 2.41 bits per heavy atom. The molecule has 1 amide bonds. The van der Waals surface area contributed by atoms with E-state index in [2.05, 4.69) is 19.2 Å². The molecule has 102 valence electrons. The highest BCUT2D eigenvalue weighted by Gasteiger charge is 2.24. The molecule has 0 aliphatic heterocycles. The van der Waals surface area contributed by atoms with E-state index in [0.29, 0.717) is 25.3 Å². The van der Waals surface area contributed by atoms with E-state index in [4.69, 9.17) is 5.73 Å². The zero-order valence-corrected chi connectivity index (χ0v) is 11.6. The maximum atomic E-state index is 11.8. The molecular weight excluding hydrogens is 216 g/mol. The number of hydrogen-bond acceptors (Lipinski definition) is 3. The summed E-state index contributed by atoms with van der Waals surface area (Å²) in [6.45, 7) is 8.56. The molecule has 0 rings (SSSR count). The highest BCUT2D eigenvalue weighted by Crippen LogP contribution is 2.15. The minimum Gasteiger partial charge on any atom is -0.394 e. The van der Waals surface area contributed by atoms with Crippen LogP contribution < -0.4 is 11.1 Å². The molecule has 0 aliphatic carbocycles. The Labute approximate surface area is 105 Å². The molecule has 0 aromatic heterocycles. The van der Waals surface area contributed by atoms with Crippen molar-refractivity contribution < 1.29 is 9.90 Å². The molecule has 4 heteroatoms. The number of rotatable bonds is 8. The lowest BCUT2D eigenvalue weighted by molar-refractivity contribution is -0.124. The topological polar surface area (TPSA) is 75.3 Å². The molecule has 0 spiro atoms. The van der Waals surface area contributed by atoms with Crippen molar-refractivity contribution in [2.45, 2.75) is 52.5 Å². The van der Waals surface area contributed by atoms with Crippen molar-refractivity contribution in [3.8, 4) is 0 Å². The Kier molecular flexibility index (Phi) is 7.39. The van der Waals surface area contributed by atoms with Gasteiger partial charge in [0.05, 0.1) is 12.1 Å². The normalized spacial score (nSPS) is 16.6. The maximum Gasteiger partial charge on any atom is 0.220 e. The third-order valence-corrected chi connectivity index (χ3v) is 3.18. The summed E-state index contributed by atoms with van der Waals surface area (Å²) in [7, 11) is 0. The van der Waals surface area contributed by atoms with E-state index < -0.39 is 5.54 Å². The average molecular weight is 244 g/mol. The second-order valence-electron chi connectivity index (χ2n) is 5.56. The van der Waals surface area contributed by atoms with E-state index in [0.717, 1.165) is 6.42 Å². The lowest BCUT2D eigenvalue weighted by atomic mass is 9.93. The summed E-state index contributed by atoms with van der Waals surface area (Å²) in [5.41, 5.74) is 5.16. The number of carbonyl (C=O) groups excluding carboxylic acids is 1. The Morgan fingerprint density at radius 2 is 2.06 bits per heavy atom. The molecule has 0 radical (unpaired) electrons. The first-order valence-electron chi connectivity index (χ1n) is 6.48. The lowest BCUT2D eigenvalue weighted by Gasteiger charge is -2.28. The molecule has 17 heavy (non-hydrogen) atoms. The van der Waals surface area contributed by atoms with Crippen LogP contribution in [0.1, 0.15) is 47.0 Å². The van der Waals surface area contributed by atoms with Crippen LogP contribution in [0, 0.1) is 11.8 Å². The van der Waals surface area contributed by atoms with Crippen LogP contribution in [-0.4, -0.2) is 29.7 Å². The van der Waals surface area contributed by atoms with Crippen molar-refractivity contribution in [2.24, 2.45) is 17.6 Å². The first-order valence-corrected chi connectivity index (χ1v) is 6.48. The van der Waals surface area contributed by atoms with Gasteiger partial charge in [0.1, 0.15) is 0 Å². The van der Waals surface area contributed by atoms with Crippen LogP contribution in [0.3, 0.4) is 0 Å². The molecule has 0 aromatic rings. The third kappa shape index (κ3) is 6.64. The van der Waals surface area contributed by atoms with Gasteiger partial charge in [0.25, 0.3) is 0 Å². The van der Waals surface area contributed by atoms with Gasteiger partial charge in [-0.15, -0.1) is 0 Å². The summed E-state index contributed by atoms with van der Waals surface area (Å²) in [6.07, 6.45) is 2.13. The van der Waals surface area contributed by atoms with Gasteiger partial charge in [-0.25, -0.2) is 0 Å². The fourth-order valence-corrected chi connectivity index (χ4v) is 1.82. The fraction of sp³-hybridized carbons (Fsp3) is 0.923. The number of hydrogen-bond donors (Lipinski definition) is 3. The van der Waals surface area contributed by atoms with E-state index in [-0.39, 0.29) is 18.4 Å². The summed E-state index contributed by atoms with van der Waals surface area (Å²) in [5, 5.41) is 12.1. The van der Waals surface area contributed by atoms with Crippen LogP contribution in [0.5, 0.6) is 0 Å². The van der Waals surface area contributed by atoms with Crippen molar-refractivity contribution in [1.29, 1.82) is 0 Å². The number of nitrogens with two attached hydrogens (primary N) is 1. The summed E-state index contributed by atoms with van der Waals surface area (Å²) >= 11 is 0. The second kappa shape index (κ2) is 7.67. The molecule has 4 nitrogen and oxygen atoms in total. The van der Waals surface area contributed by atoms with Gasteiger partial charge in [-0.05, 0) is 38.1 Å². The highest BCUT2D eigenvalue weighted by atomic mass is 16.3. The molecule has 0 saturated heterocycles. The number of nitrogens with one attached hydrogen (secondary N) is 1. The van der Waals surface area contributed by atoms with Gasteiger partial charge in [-0.1, -0.05) is 20.8 Å². The number of amides is 1. The lowest BCUT2D eigenvalue weighted by Crippen LogP contribution is -2.49. The van der Waals surface area contributed by atoms with E-state index >= 15 is 0 Å². The molecule has 0 saturated carbocycles. The Balaban J connectivity index is 4.23. The minimum absolute atomic E-state index is 0.0144. The van der Waals surface area contributed by atoms with Gasteiger partial charge < -0.3 is 16.2 Å². The molecule has 1 unspecified atom stereocenters. The van der Waals surface area contributed by atoms with Crippen LogP contribution >= 0.6 is 0 Å².